The fourth-order valence-electron chi connectivity index (χ4n) is 6.45. The van der Waals surface area contributed by atoms with Crippen LogP contribution < -0.4 is 15.4 Å². The number of aliphatic carboxylic acids is 1. The van der Waals surface area contributed by atoms with Crippen molar-refractivity contribution < 1.29 is 46.2 Å². The predicted molar refractivity (Wildman–Crippen MR) is 179 cm³/mol. The minimum absolute atomic E-state index is 0.0203. The number of carboxylic acids is 1. The fourth-order valence-corrected chi connectivity index (χ4v) is 8.14. The molecule has 17 heteroatoms. The van der Waals surface area contributed by atoms with Crippen molar-refractivity contribution in [3.63, 3.8) is 0 Å². The van der Waals surface area contributed by atoms with Crippen LogP contribution in [0.5, 0.6) is 5.75 Å². The predicted octanol–water partition coefficient (Wildman–Crippen LogP) is 6.61. The van der Waals surface area contributed by atoms with E-state index >= 15 is 0 Å². The highest BCUT2D eigenvalue weighted by atomic mass is 31.2. The number of nitrogens with zero attached hydrogens (tertiary/aromatic N) is 4. The average molecular weight is 721 g/mol. The van der Waals surface area contributed by atoms with Gasteiger partial charge in [-0.2, -0.15) is 18.2 Å². The topological polar surface area (TPSA) is 155 Å². The molecule has 3 heterocycles. The summed E-state index contributed by atoms with van der Waals surface area (Å²) in [5.74, 6) is -1.79. The molecule has 0 radical (unpaired) electrons. The van der Waals surface area contributed by atoms with Crippen LogP contribution in [0.25, 0.3) is 0 Å². The standard InChI is InChI=1S/C33H40F3N6O7P/c1-6-48-50(46,49-7-2)18-19-8-11-24(27(14-19)47-5)39-32-37-15-23(33(34,35)36)29(40-32)38-25-12-10-21(22-17-42(4)30(43)28(22)25)20-9-13-26(31(44)45)41(3)16-20/h8,10-12,14-15,20,26H,6-7,9,13,16-18H2,1-5H3,(H,44,45)(H2,37,38,39,40). The molecule has 13 nitrogen and oxygen atoms in total. The number of nitrogens with one attached hydrogen (secondary N) is 2. The highest BCUT2D eigenvalue weighted by molar-refractivity contribution is 7.53. The van der Waals surface area contributed by atoms with E-state index in [0.29, 0.717) is 42.4 Å². The van der Waals surface area contributed by atoms with E-state index in [4.69, 9.17) is 13.8 Å². The number of alkyl halides is 3. The summed E-state index contributed by atoms with van der Waals surface area (Å²) >= 11 is 0. The van der Waals surface area contributed by atoms with Gasteiger partial charge in [-0.25, -0.2) is 4.98 Å². The number of methoxy groups -OCH3 is 1. The number of fused-ring (bicyclic) bond motifs is 1. The summed E-state index contributed by atoms with van der Waals surface area (Å²) in [6.07, 6.45) is -3.19. The molecule has 2 aromatic carbocycles. The Labute approximate surface area is 287 Å². The highest BCUT2D eigenvalue weighted by Crippen LogP contribution is 2.52. The van der Waals surface area contributed by atoms with Crippen LogP contribution in [-0.2, 0) is 37.3 Å². The van der Waals surface area contributed by atoms with E-state index in [1.165, 1.54) is 12.0 Å². The van der Waals surface area contributed by atoms with Gasteiger partial charge in [0.25, 0.3) is 5.91 Å². The smallest absolute Gasteiger partial charge is 0.421 e. The number of aromatic nitrogens is 2. The number of rotatable bonds is 13. The maximum atomic E-state index is 14.2. The minimum atomic E-state index is -4.83. The molecule has 0 spiro atoms. The lowest BCUT2D eigenvalue weighted by Gasteiger charge is -2.35. The fraction of sp³-hybridized carbons (Fsp3) is 0.455. The van der Waals surface area contributed by atoms with E-state index in [2.05, 4.69) is 20.6 Å². The zero-order valence-electron chi connectivity index (χ0n) is 28.3. The SMILES string of the molecule is CCOP(=O)(Cc1ccc(Nc2ncc(C(F)(F)F)c(Nc3ccc(C4CCC(C(=O)O)N(C)C4)c4c3C(=O)N(C)C4)n2)c(OC)c1)OCC. The molecule has 2 atom stereocenters. The van der Waals surface area contributed by atoms with Crippen LogP contribution >= 0.6 is 7.60 Å². The van der Waals surface area contributed by atoms with Crippen LogP contribution in [-0.4, -0.2) is 83.8 Å². The second-order valence-electron chi connectivity index (χ2n) is 12.1. The molecule has 2 aliphatic rings. The summed E-state index contributed by atoms with van der Waals surface area (Å²) in [5, 5.41) is 15.2. The minimum Gasteiger partial charge on any atom is -0.495 e. The summed E-state index contributed by atoms with van der Waals surface area (Å²) in [4.78, 5) is 36.3. The first kappa shape index (κ1) is 37.0. The van der Waals surface area contributed by atoms with Gasteiger partial charge in [-0.05, 0) is 74.5 Å². The van der Waals surface area contributed by atoms with E-state index in [-0.39, 0.29) is 60.7 Å². The van der Waals surface area contributed by atoms with Gasteiger partial charge in [-0.1, -0.05) is 12.1 Å². The van der Waals surface area contributed by atoms with Crippen molar-refractivity contribution in [2.24, 2.45) is 0 Å². The largest absolute Gasteiger partial charge is 0.495 e. The lowest BCUT2D eigenvalue weighted by atomic mass is 9.84. The number of anilines is 4. The Kier molecular flexibility index (Phi) is 11.1. The van der Waals surface area contributed by atoms with Gasteiger partial charge in [0.2, 0.25) is 5.95 Å². The third kappa shape index (κ3) is 7.88. The van der Waals surface area contributed by atoms with E-state index < -0.39 is 37.2 Å². The quantitative estimate of drug-likeness (QED) is 0.163. The molecule has 1 aromatic heterocycles. The maximum Gasteiger partial charge on any atom is 0.421 e. The second kappa shape index (κ2) is 14.9. The van der Waals surface area contributed by atoms with Crippen molar-refractivity contribution in [3.05, 3.63) is 64.3 Å². The van der Waals surface area contributed by atoms with E-state index in [9.17, 15) is 32.4 Å². The van der Waals surface area contributed by atoms with Crippen molar-refractivity contribution in [3.8, 4) is 5.75 Å². The van der Waals surface area contributed by atoms with Gasteiger partial charge in [0, 0.05) is 26.3 Å². The number of carboxylic acid groups (broad SMARTS) is 1. The molecule has 3 aromatic rings. The van der Waals surface area contributed by atoms with Gasteiger partial charge in [-0.3, -0.25) is 19.1 Å². The molecule has 270 valence electrons. The van der Waals surface area contributed by atoms with Gasteiger partial charge in [0.05, 0.1) is 43.4 Å². The first-order chi connectivity index (χ1) is 23.7. The summed E-state index contributed by atoms with van der Waals surface area (Å²) in [5.41, 5.74) is 1.70. The Balaban J connectivity index is 1.46. The molecule has 1 saturated heterocycles. The average Bonchev–Trinajstić information content (AvgIpc) is 3.35. The van der Waals surface area contributed by atoms with Crippen LogP contribution in [0, 0.1) is 0 Å². The highest BCUT2D eigenvalue weighted by Gasteiger charge is 2.38. The Bertz CT molecular complexity index is 1800. The van der Waals surface area contributed by atoms with Crippen LogP contribution in [0.1, 0.15) is 65.2 Å². The molecule has 3 N–H and O–H groups in total. The molecular formula is C33H40F3N6O7P. The number of halogens is 3. The molecule has 1 fully saturated rings. The molecule has 1 amide bonds. The zero-order chi connectivity index (χ0) is 36.4. The Morgan fingerprint density at radius 3 is 2.40 bits per heavy atom. The van der Waals surface area contributed by atoms with Crippen LogP contribution in [0.4, 0.5) is 36.3 Å². The van der Waals surface area contributed by atoms with E-state index in [1.807, 2.05) is 0 Å². The number of carbonyl (C=O) groups excluding carboxylic acids is 1. The second-order valence-corrected chi connectivity index (χ2v) is 14.2. The number of carbonyl (C=O) groups is 2. The Hall–Kier alpha value is -4.24. The van der Waals surface area contributed by atoms with Crippen LogP contribution in [0.2, 0.25) is 0 Å². The van der Waals surface area contributed by atoms with Crippen molar-refractivity contribution in [2.75, 3.05) is 51.6 Å². The molecule has 50 heavy (non-hydrogen) atoms. The lowest BCUT2D eigenvalue weighted by molar-refractivity contribution is -0.144. The first-order valence-corrected chi connectivity index (χ1v) is 17.8. The number of piperidine rings is 1. The van der Waals surface area contributed by atoms with Gasteiger partial charge < -0.3 is 34.4 Å². The summed E-state index contributed by atoms with van der Waals surface area (Å²) in [6, 6.07) is 7.58. The van der Waals surface area contributed by atoms with Gasteiger partial charge in [-0.15, -0.1) is 0 Å². The number of benzene rings is 2. The van der Waals surface area contributed by atoms with Gasteiger partial charge in [0.1, 0.15) is 23.2 Å². The van der Waals surface area contributed by atoms with Crippen molar-refractivity contribution >= 4 is 42.6 Å². The molecule has 2 aliphatic heterocycles. The lowest BCUT2D eigenvalue weighted by Crippen LogP contribution is -2.44. The van der Waals surface area contributed by atoms with Gasteiger partial charge >= 0.3 is 19.7 Å². The third-order valence-electron chi connectivity index (χ3n) is 8.75. The van der Waals surface area contributed by atoms with E-state index in [1.54, 1.807) is 63.2 Å². The normalized spacial score (nSPS) is 18.2. The zero-order valence-corrected chi connectivity index (χ0v) is 29.2. The van der Waals surface area contributed by atoms with Crippen LogP contribution in [0.3, 0.4) is 0 Å². The summed E-state index contributed by atoms with van der Waals surface area (Å²) in [6.45, 7) is 4.52. The number of likely N-dealkylation sites (tertiary alicyclic amines) is 1. The summed E-state index contributed by atoms with van der Waals surface area (Å²) in [7, 11) is 1.35. The Morgan fingerprint density at radius 2 is 1.78 bits per heavy atom. The molecular weight excluding hydrogens is 680 g/mol. The van der Waals surface area contributed by atoms with Crippen molar-refractivity contribution in [1.82, 2.24) is 19.8 Å². The molecule has 0 bridgehead atoms. The third-order valence-corrected chi connectivity index (χ3v) is 10.8. The van der Waals surface area contributed by atoms with Gasteiger partial charge in [0.15, 0.2) is 0 Å². The van der Waals surface area contributed by atoms with Crippen molar-refractivity contribution in [1.29, 1.82) is 0 Å². The first-order valence-electron chi connectivity index (χ1n) is 16.1. The Morgan fingerprint density at radius 1 is 1.08 bits per heavy atom. The van der Waals surface area contributed by atoms with Crippen molar-refractivity contribution in [2.45, 2.75) is 57.5 Å². The monoisotopic (exact) mass is 720 g/mol. The summed E-state index contributed by atoms with van der Waals surface area (Å²) < 4.78 is 72.0. The maximum absolute atomic E-state index is 14.2. The number of amides is 1. The molecule has 5 rings (SSSR count). The molecule has 2 unspecified atom stereocenters. The molecule has 0 saturated carbocycles. The number of ether oxygens (including phenoxy) is 1. The van der Waals surface area contributed by atoms with E-state index in [0.717, 1.165) is 5.56 Å². The number of hydrogen-bond donors (Lipinski definition) is 3. The van der Waals surface area contributed by atoms with Crippen LogP contribution in [0.15, 0.2) is 36.5 Å². The molecule has 0 aliphatic carbocycles. The number of likely N-dealkylation sites (N-methyl/N-ethyl adjacent to an activating group) is 1. The number of hydrogen-bond acceptors (Lipinski definition) is 11.